The highest BCUT2D eigenvalue weighted by Gasteiger charge is 2.39. The SMILES string of the molecule is Cc1cccc(CC2CC(=O)N(c3ccc(C=CC(=O)O)cc3)C2=O)c1. The Balaban J connectivity index is 1.75. The van der Waals surface area contributed by atoms with E-state index in [0.717, 1.165) is 17.2 Å². The second-order valence-corrected chi connectivity index (χ2v) is 6.42. The van der Waals surface area contributed by atoms with Crippen LogP contribution in [0.1, 0.15) is 23.1 Å². The number of nitrogens with zero attached hydrogens (tertiary/aromatic N) is 1. The number of carboxylic acids is 1. The van der Waals surface area contributed by atoms with Gasteiger partial charge in [-0.05, 0) is 42.7 Å². The number of carboxylic acid groups (broad SMARTS) is 1. The van der Waals surface area contributed by atoms with E-state index in [1.807, 2.05) is 31.2 Å². The number of anilines is 1. The summed E-state index contributed by atoms with van der Waals surface area (Å²) in [5.41, 5.74) is 3.37. The number of hydrogen-bond acceptors (Lipinski definition) is 3. The number of aryl methyl sites for hydroxylation is 1. The van der Waals surface area contributed by atoms with Gasteiger partial charge in [0, 0.05) is 12.5 Å². The Morgan fingerprint density at radius 3 is 2.58 bits per heavy atom. The smallest absolute Gasteiger partial charge is 0.328 e. The number of imide groups is 1. The molecule has 26 heavy (non-hydrogen) atoms. The molecular formula is C21H19NO4. The third-order valence-electron chi connectivity index (χ3n) is 4.37. The van der Waals surface area contributed by atoms with Gasteiger partial charge >= 0.3 is 5.97 Å². The summed E-state index contributed by atoms with van der Waals surface area (Å²) < 4.78 is 0. The quantitative estimate of drug-likeness (QED) is 0.664. The third-order valence-corrected chi connectivity index (χ3v) is 4.37. The number of benzene rings is 2. The van der Waals surface area contributed by atoms with Gasteiger partial charge in [0.2, 0.25) is 11.8 Å². The van der Waals surface area contributed by atoms with E-state index in [0.29, 0.717) is 17.7 Å². The van der Waals surface area contributed by atoms with Crippen LogP contribution in [-0.4, -0.2) is 22.9 Å². The number of carbonyl (C=O) groups is 3. The number of carbonyl (C=O) groups excluding carboxylic acids is 2. The molecule has 5 heteroatoms. The molecule has 2 aromatic rings. The molecule has 3 rings (SSSR count). The molecule has 5 nitrogen and oxygen atoms in total. The van der Waals surface area contributed by atoms with Crippen LogP contribution in [0.3, 0.4) is 0 Å². The van der Waals surface area contributed by atoms with Crippen LogP contribution >= 0.6 is 0 Å². The van der Waals surface area contributed by atoms with Gasteiger partial charge in [-0.15, -0.1) is 0 Å². The monoisotopic (exact) mass is 349 g/mol. The topological polar surface area (TPSA) is 74.7 Å². The minimum atomic E-state index is -1.03. The Morgan fingerprint density at radius 1 is 1.19 bits per heavy atom. The molecule has 1 saturated heterocycles. The molecule has 2 aromatic carbocycles. The second kappa shape index (κ2) is 7.35. The van der Waals surface area contributed by atoms with E-state index in [9.17, 15) is 14.4 Å². The molecule has 2 amide bonds. The molecule has 0 aromatic heterocycles. The highest BCUT2D eigenvalue weighted by molar-refractivity contribution is 6.21. The van der Waals surface area contributed by atoms with Gasteiger partial charge < -0.3 is 5.11 Å². The Labute approximate surface area is 151 Å². The number of amides is 2. The van der Waals surface area contributed by atoms with Crippen molar-refractivity contribution in [2.75, 3.05) is 4.90 Å². The lowest BCUT2D eigenvalue weighted by atomic mass is 9.97. The van der Waals surface area contributed by atoms with Crippen LogP contribution in [0, 0.1) is 12.8 Å². The molecule has 0 spiro atoms. The van der Waals surface area contributed by atoms with Crippen LogP contribution in [0.15, 0.2) is 54.6 Å². The van der Waals surface area contributed by atoms with Crippen molar-refractivity contribution in [1.82, 2.24) is 0 Å². The maximum absolute atomic E-state index is 12.7. The highest BCUT2D eigenvalue weighted by atomic mass is 16.4. The van der Waals surface area contributed by atoms with E-state index in [2.05, 4.69) is 0 Å². The van der Waals surface area contributed by atoms with E-state index < -0.39 is 5.97 Å². The van der Waals surface area contributed by atoms with E-state index in [1.165, 1.54) is 11.0 Å². The first-order valence-corrected chi connectivity index (χ1v) is 8.37. The maximum Gasteiger partial charge on any atom is 0.328 e. The molecular weight excluding hydrogens is 330 g/mol. The molecule has 0 aliphatic carbocycles. The standard InChI is InChI=1S/C21H19NO4/c1-14-3-2-4-16(11-14)12-17-13-19(23)22(21(17)26)18-8-5-15(6-9-18)7-10-20(24)25/h2-11,17H,12-13H2,1H3,(H,24,25). The van der Waals surface area contributed by atoms with Gasteiger partial charge in [-0.2, -0.15) is 0 Å². The fourth-order valence-corrected chi connectivity index (χ4v) is 3.15. The summed E-state index contributed by atoms with van der Waals surface area (Å²) in [6.07, 6.45) is 3.24. The van der Waals surface area contributed by atoms with E-state index in [-0.39, 0.29) is 24.2 Å². The molecule has 0 saturated carbocycles. The van der Waals surface area contributed by atoms with Crippen molar-refractivity contribution in [3.63, 3.8) is 0 Å². The predicted octanol–water partition coefficient (Wildman–Crippen LogP) is 3.22. The lowest BCUT2D eigenvalue weighted by Gasteiger charge is -2.15. The molecule has 1 fully saturated rings. The van der Waals surface area contributed by atoms with Gasteiger partial charge in [0.1, 0.15) is 0 Å². The van der Waals surface area contributed by atoms with Crippen LogP contribution in [0.2, 0.25) is 0 Å². The number of rotatable bonds is 5. The van der Waals surface area contributed by atoms with Crippen LogP contribution < -0.4 is 4.90 Å². The minimum Gasteiger partial charge on any atom is -0.478 e. The highest BCUT2D eigenvalue weighted by Crippen LogP contribution is 2.29. The van der Waals surface area contributed by atoms with E-state index >= 15 is 0 Å². The first-order valence-electron chi connectivity index (χ1n) is 8.37. The Morgan fingerprint density at radius 2 is 1.92 bits per heavy atom. The van der Waals surface area contributed by atoms with Crippen LogP contribution in [-0.2, 0) is 20.8 Å². The van der Waals surface area contributed by atoms with E-state index in [4.69, 9.17) is 5.11 Å². The summed E-state index contributed by atoms with van der Waals surface area (Å²) in [6, 6.07) is 14.6. The predicted molar refractivity (Wildman–Crippen MR) is 98.6 cm³/mol. The van der Waals surface area contributed by atoms with Gasteiger partial charge in [0.15, 0.2) is 0 Å². The summed E-state index contributed by atoms with van der Waals surface area (Å²) in [4.78, 5) is 36.9. The molecule has 1 aliphatic heterocycles. The third kappa shape index (κ3) is 3.88. The van der Waals surface area contributed by atoms with Crippen molar-refractivity contribution in [3.8, 4) is 0 Å². The molecule has 0 bridgehead atoms. The second-order valence-electron chi connectivity index (χ2n) is 6.42. The van der Waals surface area contributed by atoms with Gasteiger partial charge in [-0.1, -0.05) is 42.0 Å². The first-order chi connectivity index (χ1) is 12.4. The van der Waals surface area contributed by atoms with Crippen LogP contribution in [0.4, 0.5) is 5.69 Å². The van der Waals surface area contributed by atoms with Crippen molar-refractivity contribution < 1.29 is 19.5 Å². The molecule has 0 radical (unpaired) electrons. The average molecular weight is 349 g/mol. The van der Waals surface area contributed by atoms with Crippen molar-refractivity contribution in [2.45, 2.75) is 19.8 Å². The maximum atomic E-state index is 12.7. The normalized spacial score (nSPS) is 17.3. The van der Waals surface area contributed by atoms with Gasteiger partial charge in [-0.25, -0.2) is 4.79 Å². The first kappa shape index (κ1) is 17.6. The Hall–Kier alpha value is -3.21. The molecule has 132 valence electrons. The van der Waals surface area contributed by atoms with Crippen molar-refractivity contribution in [1.29, 1.82) is 0 Å². The fraction of sp³-hybridized carbons (Fsp3) is 0.190. The van der Waals surface area contributed by atoms with Crippen molar-refractivity contribution in [2.24, 2.45) is 5.92 Å². The summed E-state index contributed by atoms with van der Waals surface area (Å²) >= 11 is 0. The van der Waals surface area contributed by atoms with E-state index in [1.54, 1.807) is 24.3 Å². The molecule has 1 N–H and O–H groups in total. The van der Waals surface area contributed by atoms with Gasteiger partial charge in [0.25, 0.3) is 0 Å². The summed E-state index contributed by atoms with van der Waals surface area (Å²) in [5, 5.41) is 8.65. The molecule has 1 heterocycles. The zero-order valence-corrected chi connectivity index (χ0v) is 14.4. The van der Waals surface area contributed by atoms with Gasteiger partial charge in [-0.3, -0.25) is 14.5 Å². The Kier molecular flexibility index (Phi) is 4.98. The Bertz CT molecular complexity index is 883. The lowest BCUT2D eigenvalue weighted by molar-refractivity contribution is -0.131. The molecule has 1 unspecified atom stereocenters. The fourth-order valence-electron chi connectivity index (χ4n) is 3.15. The van der Waals surface area contributed by atoms with Crippen LogP contribution in [0.5, 0.6) is 0 Å². The zero-order valence-electron chi connectivity index (χ0n) is 14.4. The van der Waals surface area contributed by atoms with Crippen molar-refractivity contribution in [3.05, 3.63) is 71.3 Å². The summed E-state index contributed by atoms with van der Waals surface area (Å²) in [5.74, 6) is -1.78. The molecule has 1 atom stereocenters. The number of aliphatic carboxylic acids is 1. The average Bonchev–Trinajstić information content (AvgIpc) is 2.87. The minimum absolute atomic E-state index is 0.190. The largest absolute Gasteiger partial charge is 0.478 e. The van der Waals surface area contributed by atoms with Gasteiger partial charge in [0.05, 0.1) is 11.6 Å². The summed E-state index contributed by atoms with van der Waals surface area (Å²) in [7, 11) is 0. The van der Waals surface area contributed by atoms with Crippen LogP contribution in [0.25, 0.3) is 6.08 Å². The number of hydrogen-bond donors (Lipinski definition) is 1. The lowest BCUT2D eigenvalue weighted by Crippen LogP contribution is -2.30. The van der Waals surface area contributed by atoms with Crippen molar-refractivity contribution >= 4 is 29.5 Å². The summed E-state index contributed by atoms with van der Waals surface area (Å²) in [6.45, 7) is 2.00. The zero-order chi connectivity index (χ0) is 18.7. The molecule has 1 aliphatic rings.